The van der Waals surface area contributed by atoms with Gasteiger partial charge >= 0.3 is 0 Å². The lowest BCUT2D eigenvalue weighted by atomic mass is 10.0. The van der Waals surface area contributed by atoms with Gasteiger partial charge in [-0.3, -0.25) is 0 Å². The molecule has 20 heavy (non-hydrogen) atoms. The number of hydrogen-bond acceptors (Lipinski definition) is 2. The quantitative estimate of drug-likeness (QED) is 0.715. The second-order valence-corrected chi connectivity index (χ2v) is 5.31. The predicted molar refractivity (Wildman–Crippen MR) is 85.5 cm³/mol. The fraction of sp³-hybridized carbons (Fsp3) is 0.294. The summed E-state index contributed by atoms with van der Waals surface area (Å²) >= 11 is 3.54. The third-order valence-corrected chi connectivity index (χ3v) is 3.85. The molecule has 0 heterocycles. The highest BCUT2D eigenvalue weighted by atomic mass is 79.9. The lowest BCUT2D eigenvalue weighted by Crippen LogP contribution is -2.07. The molecule has 2 aromatic carbocycles. The van der Waals surface area contributed by atoms with E-state index in [2.05, 4.69) is 35.0 Å². The van der Waals surface area contributed by atoms with Gasteiger partial charge in [-0.15, -0.1) is 0 Å². The molecule has 0 radical (unpaired) electrons. The Labute approximate surface area is 128 Å². The van der Waals surface area contributed by atoms with E-state index in [4.69, 9.17) is 9.47 Å². The Balaban J connectivity index is 2.06. The van der Waals surface area contributed by atoms with Gasteiger partial charge in [0.25, 0.3) is 0 Å². The molecule has 1 atom stereocenters. The summed E-state index contributed by atoms with van der Waals surface area (Å²) in [6.07, 6.45) is 0.0578. The number of benzene rings is 2. The molecule has 0 fully saturated rings. The first-order valence-electron chi connectivity index (χ1n) is 6.60. The molecule has 0 bridgehead atoms. The van der Waals surface area contributed by atoms with Gasteiger partial charge in [0.15, 0.2) is 0 Å². The van der Waals surface area contributed by atoms with E-state index in [0.29, 0.717) is 6.61 Å². The Morgan fingerprint density at radius 3 is 2.60 bits per heavy atom. The van der Waals surface area contributed by atoms with Crippen LogP contribution in [0.2, 0.25) is 0 Å². The van der Waals surface area contributed by atoms with E-state index in [9.17, 15) is 0 Å². The maximum Gasteiger partial charge on any atom is 0.119 e. The lowest BCUT2D eigenvalue weighted by Gasteiger charge is -2.18. The highest BCUT2D eigenvalue weighted by Gasteiger charge is 2.12. The fourth-order valence-corrected chi connectivity index (χ4v) is 2.66. The van der Waals surface area contributed by atoms with E-state index in [-0.39, 0.29) is 6.10 Å². The van der Waals surface area contributed by atoms with Crippen molar-refractivity contribution in [2.75, 3.05) is 12.4 Å². The molecule has 2 rings (SSSR count). The summed E-state index contributed by atoms with van der Waals surface area (Å²) in [4.78, 5) is 0. The van der Waals surface area contributed by atoms with E-state index < -0.39 is 0 Å². The molecule has 0 N–H and O–H groups in total. The van der Waals surface area contributed by atoms with Gasteiger partial charge in [-0.2, -0.15) is 0 Å². The van der Waals surface area contributed by atoms with E-state index in [1.807, 2.05) is 36.4 Å². The molecule has 0 amide bonds. The Morgan fingerprint density at radius 2 is 1.90 bits per heavy atom. The maximum atomic E-state index is 6.04. The van der Waals surface area contributed by atoms with Crippen LogP contribution in [0.25, 0.3) is 0 Å². The number of ether oxygens (including phenoxy) is 2. The molecule has 0 saturated heterocycles. The van der Waals surface area contributed by atoms with Gasteiger partial charge < -0.3 is 9.47 Å². The van der Waals surface area contributed by atoms with E-state index >= 15 is 0 Å². The van der Waals surface area contributed by atoms with Crippen LogP contribution in [-0.4, -0.2) is 12.4 Å². The van der Waals surface area contributed by atoms with Gasteiger partial charge in [0.2, 0.25) is 0 Å². The molecule has 0 aliphatic heterocycles. The summed E-state index contributed by atoms with van der Waals surface area (Å²) in [5.41, 5.74) is 3.60. The van der Waals surface area contributed by atoms with Crippen molar-refractivity contribution in [3.63, 3.8) is 0 Å². The van der Waals surface area contributed by atoms with Crippen molar-refractivity contribution in [3.05, 3.63) is 65.2 Å². The van der Waals surface area contributed by atoms with Crippen LogP contribution in [0.5, 0.6) is 5.75 Å². The van der Waals surface area contributed by atoms with Crippen LogP contribution in [0.1, 0.15) is 22.8 Å². The van der Waals surface area contributed by atoms with Crippen LogP contribution in [0.4, 0.5) is 0 Å². The van der Waals surface area contributed by atoms with E-state index in [0.717, 1.165) is 16.6 Å². The molecule has 0 aliphatic rings. The smallest absolute Gasteiger partial charge is 0.119 e. The van der Waals surface area contributed by atoms with Crippen LogP contribution in [0.3, 0.4) is 0 Å². The zero-order valence-corrected chi connectivity index (χ0v) is 13.4. The highest BCUT2D eigenvalue weighted by molar-refractivity contribution is 9.09. The second kappa shape index (κ2) is 7.46. The van der Waals surface area contributed by atoms with Gasteiger partial charge in [0.05, 0.1) is 19.8 Å². The third-order valence-electron chi connectivity index (χ3n) is 3.26. The summed E-state index contributed by atoms with van der Waals surface area (Å²) in [6.45, 7) is 2.68. The van der Waals surface area contributed by atoms with Gasteiger partial charge in [-0.05, 0) is 35.7 Å². The number of alkyl halides is 1. The zero-order chi connectivity index (χ0) is 14.4. The first kappa shape index (κ1) is 15.1. The number of halogens is 1. The monoisotopic (exact) mass is 334 g/mol. The number of rotatable bonds is 6. The van der Waals surface area contributed by atoms with Crippen molar-refractivity contribution in [2.45, 2.75) is 19.6 Å². The third kappa shape index (κ3) is 3.84. The maximum absolute atomic E-state index is 6.04. The minimum absolute atomic E-state index is 0.0578. The molecule has 2 nitrogen and oxygen atoms in total. The van der Waals surface area contributed by atoms with Crippen molar-refractivity contribution in [2.24, 2.45) is 0 Å². The summed E-state index contributed by atoms with van der Waals surface area (Å²) in [7, 11) is 1.68. The van der Waals surface area contributed by atoms with Crippen molar-refractivity contribution in [3.8, 4) is 5.75 Å². The van der Waals surface area contributed by atoms with Crippen LogP contribution in [0, 0.1) is 6.92 Å². The van der Waals surface area contributed by atoms with Gasteiger partial charge in [-0.1, -0.05) is 52.3 Å². The zero-order valence-electron chi connectivity index (χ0n) is 11.8. The van der Waals surface area contributed by atoms with Crippen LogP contribution >= 0.6 is 15.9 Å². The Bertz CT molecular complexity index is 554. The Morgan fingerprint density at radius 1 is 1.10 bits per heavy atom. The molecular formula is C17H19BrO2. The summed E-state index contributed by atoms with van der Waals surface area (Å²) < 4.78 is 11.3. The molecule has 0 saturated carbocycles. The molecule has 1 unspecified atom stereocenters. The largest absolute Gasteiger partial charge is 0.497 e. The lowest BCUT2D eigenvalue weighted by molar-refractivity contribution is 0.0561. The van der Waals surface area contributed by atoms with Crippen molar-refractivity contribution in [1.29, 1.82) is 0 Å². The SMILES string of the molecule is COc1cccc(COC(CBr)c2ccccc2C)c1. The Kier molecular flexibility index (Phi) is 5.62. The standard InChI is InChI=1S/C17H19BrO2/c1-13-6-3-4-9-16(13)17(11-18)20-12-14-7-5-8-15(10-14)19-2/h3-10,17H,11-12H2,1-2H3. The molecular weight excluding hydrogens is 316 g/mol. The van der Waals surface area contributed by atoms with Crippen molar-refractivity contribution >= 4 is 15.9 Å². The van der Waals surface area contributed by atoms with Crippen LogP contribution < -0.4 is 4.74 Å². The first-order chi connectivity index (χ1) is 9.74. The highest BCUT2D eigenvalue weighted by Crippen LogP contribution is 2.25. The topological polar surface area (TPSA) is 18.5 Å². The summed E-state index contributed by atoms with van der Waals surface area (Å²) in [5, 5.41) is 0.780. The van der Waals surface area contributed by atoms with E-state index in [1.165, 1.54) is 11.1 Å². The van der Waals surface area contributed by atoms with Crippen LogP contribution in [0.15, 0.2) is 48.5 Å². The van der Waals surface area contributed by atoms with Crippen molar-refractivity contribution in [1.82, 2.24) is 0 Å². The van der Waals surface area contributed by atoms with Crippen LogP contribution in [-0.2, 0) is 11.3 Å². The number of methoxy groups -OCH3 is 1. The summed E-state index contributed by atoms with van der Waals surface area (Å²) in [5.74, 6) is 0.859. The average Bonchev–Trinajstić information content (AvgIpc) is 2.49. The minimum Gasteiger partial charge on any atom is -0.497 e. The normalized spacial score (nSPS) is 12.2. The fourth-order valence-electron chi connectivity index (χ4n) is 2.12. The molecule has 0 aliphatic carbocycles. The van der Waals surface area contributed by atoms with E-state index in [1.54, 1.807) is 7.11 Å². The molecule has 0 aromatic heterocycles. The van der Waals surface area contributed by atoms with Gasteiger partial charge in [-0.25, -0.2) is 0 Å². The molecule has 3 heteroatoms. The number of hydrogen-bond donors (Lipinski definition) is 0. The van der Waals surface area contributed by atoms with Gasteiger partial charge in [0.1, 0.15) is 5.75 Å². The molecule has 2 aromatic rings. The van der Waals surface area contributed by atoms with Gasteiger partial charge in [0, 0.05) is 5.33 Å². The average molecular weight is 335 g/mol. The summed E-state index contributed by atoms with van der Waals surface area (Å²) in [6, 6.07) is 16.3. The number of aryl methyl sites for hydroxylation is 1. The predicted octanol–water partition coefficient (Wildman–Crippen LogP) is 4.66. The van der Waals surface area contributed by atoms with Crippen molar-refractivity contribution < 1.29 is 9.47 Å². The molecule has 106 valence electrons. The Hall–Kier alpha value is -1.32. The first-order valence-corrected chi connectivity index (χ1v) is 7.72. The molecule has 0 spiro atoms. The minimum atomic E-state index is 0.0578. The second-order valence-electron chi connectivity index (χ2n) is 4.66.